The summed E-state index contributed by atoms with van der Waals surface area (Å²) < 4.78 is 0. The van der Waals surface area contributed by atoms with Crippen LogP contribution in [0.2, 0.25) is 0 Å². The van der Waals surface area contributed by atoms with Crippen LogP contribution in [0, 0.1) is 5.92 Å². The summed E-state index contributed by atoms with van der Waals surface area (Å²) in [5.41, 5.74) is 1.21. The molecule has 0 amide bonds. The van der Waals surface area contributed by atoms with Crippen molar-refractivity contribution in [3.05, 3.63) is 18.2 Å². The molecule has 1 saturated heterocycles. The van der Waals surface area contributed by atoms with Gasteiger partial charge in [0.1, 0.15) is 0 Å². The molecule has 96 valence electrons. The minimum Gasteiger partial charge on any atom is -0.348 e. The Balaban J connectivity index is 1.75. The van der Waals surface area contributed by atoms with E-state index >= 15 is 0 Å². The van der Waals surface area contributed by atoms with Crippen LogP contribution in [-0.2, 0) is 6.42 Å². The van der Waals surface area contributed by atoms with Gasteiger partial charge in [-0.2, -0.15) is 0 Å². The number of nitrogens with zero attached hydrogens (tertiary/aromatic N) is 2. The first-order chi connectivity index (χ1) is 8.16. The lowest BCUT2D eigenvalue weighted by Crippen LogP contribution is -2.51. The Bertz CT molecular complexity index is 322. The number of hydrogen-bond donors (Lipinski definition) is 2. The Labute approximate surface area is 104 Å². The molecule has 1 aliphatic heterocycles. The first-order valence-electron chi connectivity index (χ1n) is 6.57. The maximum atomic E-state index is 4.03. The predicted molar refractivity (Wildman–Crippen MR) is 70.0 cm³/mol. The van der Waals surface area contributed by atoms with Gasteiger partial charge in [0.25, 0.3) is 0 Å². The summed E-state index contributed by atoms with van der Waals surface area (Å²) in [5, 5.41) is 3.69. The minimum absolute atomic E-state index is 0.657. The van der Waals surface area contributed by atoms with Crippen LogP contribution in [0.25, 0.3) is 0 Å². The highest BCUT2D eigenvalue weighted by molar-refractivity contribution is 4.95. The Morgan fingerprint density at radius 2 is 2.35 bits per heavy atom. The smallest absolute Gasteiger partial charge is 0.0921 e. The fourth-order valence-corrected chi connectivity index (χ4v) is 2.64. The molecule has 0 aliphatic carbocycles. The van der Waals surface area contributed by atoms with E-state index in [1.165, 1.54) is 18.7 Å². The van der Waals surface area contributed by atoms with Gasteiger partial charge in [-0.3, -0.25) is 0 Å². The normalized spacial score (nSPS) is 30.6. The van der Waals surface area contributed by atoms with E-state index in [1.54, 1.807) is 6.33 Å². The molecule has 4 nitrogen and oxygen atoms in total. The van der Waals surface area contributed by atoms with Crippen molar-refractivity contribution in [2.24, 2.45) is 5.92 Å². The maximum Gasteiger partial charge on any atom is 0.0921 e. The van der Waals surface area contributed by atoms with Crippen molar-refractivity contribution in [1.82, 2.24) is 20.2 Å². The fraction of sp³-hybridized carbons (Fsp3) is 0.769. The highest BCUT2D eigenvalue weighted by Crippen LogP contribution is 2.20. The van der Waals surface area contributed by atoms with Crippen molar-refractivity contribution in [2.45, 2.75) is 38.8 Å². The number of nitrogens with one attached hydrogen (secondary N) is 2. The Kier molecular flexibility index (Phi) is 4.18. The molecule has 3 unspecified atom stereocenters. The second-order valence-corrected chi connectivity index (χ2v) is 5.39. The Morgan fingerprint density at radius 3 is 3.06 bits per heavy atom. The second-order valence-electron chi connectivity index (χ2n) is 5.39. The fourth-order valence-electron chi connectivity index (χ4n) is 2.64. The van der Waals surface area contributed by atoms with Crippen LogP contribution in [0.5, 0.6) is 0 Å². The van der Waals surface area contributed by atoms with Gasteiger partial charge in [0.15, 0.2) is 0 Å². The molecule has 0 aromatic carbocycles. The Morgan fingerprint density at radius 1 is 1.53 bits per heavy atom. The highest BCUT2D eigenvalue weighted by Gasteiger charge is 2.28. The first-order valence-corrected chi connectivity index (χ1v) is 6.57. The van der Waals surface area contributed by atoms with Gasteiger partial charge in [-0.1, -0.05) is 6.92 Å². The molecule has 0 bridgehead atoms. The molecule has 4 heteroatoms. The largest absolute Gasteiger partial charge is 0.348 e. The van der Waals surface area contributed by atoms with Crippen LogP contribution in [0.15, 0.2) is 12.5 Å². The lowest BCUT2D eigenvalue weighted by molar-refractivity contribution is 0.122. The highest BCUT2D eigenvalue weighted by atomic mass is 15.2. The third kappa shape index (κ3) is 3.30. The summed E-state index contributed by atoms with van der Waals surface area (Å²) in [4.78, 5) is 9.63. The second kappa shape index (κ2) is 5.65. The molecular weight excluding hydrogens is 212 g/mol. The van der Waals surface area contributed by atoms with Gasteiger partial charge in [0, 0.05) is 43.5 Å². The lowest BCUT2D eigenvalue weighted by Gasteiger charge is -2.40. The lowest BCUT2D eigenvalue weighted by atomic mass is 9.90. The Hall–Kier alpha value is -0.870. The molecular formula is C13H24N4. The van der Waals surface area contributed by atoms with E-state index in [0.29, 0.717) is 12.1 Å². The predicted octanol–water partition coefficient (Wildman–Crippen LogP) is 1.27. The molecule has 3 atom stereocenters. The van der Waals surface area contributed by atoms with Gasteiger partial charge in [0.05, 0.1) is 6.33 Å². The van der Waals surface area contributed by atoms with Crippen LogP contribution < -0.4 is 5.32 Å². The SMILES string of the molecule is CC1CN(C)C(C)CC1NCCc1cnc[nH]1. The number of aromatic amines is 1. The molecule has 0 spiro atoms. The van der Waals surface area contributed by atoms with Crippen molar-refractivity contribution in [2.75, 3.05) is 20.1 Å². The van der Waals surface area contributed by atoms with E-state index in [0.717, 1.165) is 18.9 Å². The number of piperidine rings is 1. The van der Waals surface area contributed by atoms with Crippen LogP contribution in [-0.4, -0.2) is 47.1 Å². The molecule has 17 heavy (non-hydrogen) atoms. The molecule has 2 heterocycles. The van der Waals surface area contributed by atoms with Gasteiger partial charge < -0.3 is 15.2 Å². The molecule has 2 N–H and O–H groups in total. The van der Waals surface area contributed by atoms with Crippen LogP contribution in [0.4, 0.5) is 0 Å². The number of H-pyrrole nitrogens is 1. The molecule has 1 aliphatic rings. The van der Waals surface area contributed by atoms with Gasteiger partial charge in [-0.25, -0.2) is 4.98 Å². The average Bonchev–Trinajstić information content (AvgIpc) is 2.78. The van der Waals surface area contributed by atoms with Crippen molar-refractivity contribution in [1.29, 1.82) is 0 Å². The molecule has 0 radical (unpaired) electrons. The monoisotopic (exact) mass is 236 g/mol. The summed E-state index contributed by atoms with van der Waals surface area (Å²) >= 11 is 0. The standard InChI is InChI=1S/C13H24N4/c1-10-8-17(3)11(2)6-13(10)15-5-4-12-7-14-9-16-12/h7,9-11,13,15H,4-6,8H2,1-3H3,(H,14,16). The van der Waals surface area contributed by atoms with E-state index in [-0.39, 0.29) is 0 Å². The summed E-state index contributed by atoms with van der Waals surface area (Å²) in [5.74, 6) is 0.734. The summed E-state index contributed by atoms with van der Waals surface area (Å²) in [6.07, 6.45) is 5.94. The van der Waals surface area contributed by atoms with Crippen molar-refractivity contribution >= 4 is 0 Å². The number of hydrogen-bond acceptors (Lipinski definition) is 3. The molecule has 2 rings (SSSR count). The zero-order valence-electron chi connectivity index (χ0n) is 11.1. The number of rotatable bonds is 4. The van der Waals surface area contributed by atoms with Crippen LogP contribution in [0.1, 0.15) is 26.0 Å². The van der Waals surface area contributed by atoms with Gasteiger partial charge in [-0.15, -0.1) is 0 Å². The first kappa shape index (κ1) is 12.6. The molecule has 1 aromatic rings. The number of imidazole rings is 1. The van der Waals surface area contributed by atoms with Crippen molar-refractivity contribution in [3.8, 4) is 0 Å². The van der Waals surface area contributed by atoms with Crippen molar-refractivity contribution in [3.63, 3.8) is 0 Å². The summed E-state index contributed by atoms with van der Waals surface area (Å²) in [6.45, 7) is 6.89. The zero-order valence-corrected chi connectivity index (χ0v) is 11.1. The van der Waals surface area contributed by atoms with Crippen LogP contribution >= 0.6 is 0 Å². The van der Waals surface area contributed by atoms with E-state index in [4.69, 9.17) is 0 Å². The summed E-state index contributed by atoms with van der Waals surface area (Å²) in [6, 6.07) is 1.35. The maximum absolute atomic E-state index is 4.03. The number of aromatic nitrogens is 2. The van der Waals surface area contributed by atoms with Gasteiger partial charge >= 0.3 is 0 Å². The minimum atomic E-state index is 0.657. The van der Waals surface area contributed by atoms with E-state index in [2.05, 4.69) is 41.1 Å². The van der Waals surface area contributed by atoms with E-state index in [1.807, 2.05) is 6.20 Å². The van der Waals surface area contributed by atoms with Gasteiger partial charge in [-0.05, 0) is 26.3 Å². The molecule has 0 saturated carbocycles. The molecule has 1 aromatic heterocycles. The third-order valence-electron chi connectivity index (χ3n) is 3.97. The average molecular weight is 236 g/mol. The summed E-state index contributed by atoms with van der Waals surface area (Å²) in [7, 11) is 2.22. The van der Waals surface area contributed by atoms with Crippen molar-refractivity contribution < 1.29 is 0 Å². The zero-order chi connectivity index (χ0) is 12.3. The third-order valence-corrected chi connectivity index (χ3v) is 3.97. The van der Waals surface area contributed by atoms with E-state index < -0.39 is 0 Å². The van der Waals surface area contributed by atoms with E-state index in [9.17, 15) is 0 Å². The molecule has 1 fully saturated rings. The topological polar surface area (TPSA) is 44.0 Å². The quantitative estimate of drug-likeness (QED) is 0.827. The van der Waals surface area contributed by atoms with Crippen LogP contribution in [0.3, 0.4) is 0 Å². The van der Waals surface area contributed by atoms with Gasteiger partial charge in [0.2, 0.25) is 0 Å². The number of likely N-dealkylation sites (tertiary alicyclic amines) is 1.